The van der Waals surface area contributed by atoms with Crippen LogP contribution in [0.5, 0.6) is 0 Å². The number of rotatable bonds is 7. The second-order valence-electron chi connectivity index (χ2n) is 8.89. The lowest BCUT2D eigenvalue weighted by Gasteiger charge is -2.22. The Hall–Kier alpha value is -3.79. The fraction of sp³-hybridized carbons (Fsp3) is 0.320. The Morgan fingerprint density at radius 3 is 2.63 bits per heavy atom. The second kappa shape index (κ2) is 9.10. The van der Waals surface area contributed by atoms with Gasteiger partial charge in [-0.15, -0.1) is 0 Å². The molecule has 2 fully saturated rings. The predicted molar refractivity (Wildman–Crippen MR) is 127 cm³/mol. The van der Waals surface area contributed by atoms with Crippen LogP contribution in [0.4, 0.5) is 14.5 Å². The number of nitrogens with zero attached hydrogens (tertiary/aromatic N) is 3. The average molecular weight is 482 g/mol. The first kappa shape index (κ1) is 23.0. The molecule has 0 spiro atoms. The molecule has 0 radical (unpaired) electrons. The van der Waals surface area contributed by atoms with Gasteiger partial charge in [0.25, 0.3) is 0 Å². The smallest absolute Gasteiger partial charge is 0.341 e. The number of nitrogens with two attached hydrogens (primary N) is 1. The van der Waals surface area contributed by atoms with Crippen molar-refractivity contribution in [1.29, 1.82) is 0 Å². The quantitative estimate of drug-likeness (QED) is 0.500. The maximum absolute atomic E-state index is 15.9. The molecule has 1 aliphatic heterocycles. The molecule has 182 valence electrons. The van der Waals surface area contributed by atoms with Gasteiger partial charge in [0.1, 0.15) is 23.7 Å². The summed E-state index contributed by atoms with van der Waals surface area (Å²) in [4.78, 5) is 31.2. The van der Waals surface area contributed by atoms with E-state index in [4.69, 9.17) is 10.6 Å². The zero-order chi connectivity index (χ0) is 24.7. The normalized spacial score (nSPS) is 19.0. The maximum Gasteiger partial charge on any atom is 0.341 e. The van der Waals surface area contributed by atoms with Crippen LogP contribution in [0.3, 0.4) is 0 Å². The van der Waals surface area contributed by atoms with E-state index in [9.17, 15) is 14.7 Å². The summed E-state index contributed by atoms with van der Waals surface area (Å²) in [6, 6.07) is 10.3. The van der Waals surface area contributed by atoms with Gasteiger partial charge in [-0.2, -0.15) is 0 Å². The number of carbonyl (C=O) groups is 1. The van der Waals surface area contributed by atoms with Gasteiger partial charge in [-0.25, -0.2) is 13.6 Å². The molecule has 8 nitrogen and oxygen atoms in total. The molecule has 1 aromatic heterocycles. The van der Waals surface area contributed by atoms with Gasteiger partial charge in [0.15, 0.2) is 5.82 Å². The number of carboxylic acid groups (broad SMARTS) is 1. The fourth-order valence-corrected chi connectivity index (χ4v) is 4.52. The summed E-state index contributed by atoms with van der Waals surface area (Å²) in [6.07, 6.45) is 2.60. The molecule has 5 rings (SSSR count). The number of anilines is 1. The number of halogens is 2. The Morgan fingerprint density at radius 1 is 1.23 bits per heavy atom. The Labute approximate surface area is 199 Å². The van der Waals surface area contributed by atoms with Crippen LogP contribution in [0.15, 0.2) is 52.5 Å². The molecular formula is C25H24F2N4O4. The third-order valence-corrected chi connectivity index (χ3v) is 6.48. The minimum absolute atomic E-state index is 0.0890. The van der Waals surface area contributed by atoms with Crippen LogP contribution < -0.4 is 16.1 Å². The van der Waals surface area contributed by atoms with E-state index in [2.05, 4.69) is 5.16 Å². The van der Waals surface area contributed by atoms with E-state index in [1.54, 1.807) is 0 Å². The number of hydrogen-bond donors (Lipinski definition) is 2. The van der Waals surface area contributed by atoms with E-state index in [0.29, 0.717) is 5.71 Å². The van der Waals surface area contributed by atoms with Gasteiger partial charge in [-0.3, -0.25) is 4.79 Å². The molecule has 1 saturated heterocycles. The number of aromatic nitrogens is 1. The minimum Gasteiger partial charge on any atom is -0.477 e. The largest absolute Gasteiger partial charge is 0.477 e. The van der Waals surface area contributed by atoms with Crippen molar-refractivity contribution in [3.8, 4) is 0 Å². The third-order valence-electron chi connectivity index (χ3n) is 6.48. The lowest BCUT2D eigenvalue weighted by atomic mass is 10.1. The molecule has 3 N–H and O–H groups in total. The average Bonchev–Trinajstić information content (AvgIpc) is 3.61. The summed E-state index contributed by atoms with van der Waals surface area (Å²) < 4.78 is 32.6. The summed E-state index contributed by atoms with van der Waals surface area (Å²) in [7, 11) is 0. The molecule has 2 heterocycles. The van der Waals surface area contributed by atoms with Crippen molar-refractivity contribution >= 4 is 28.3 Å². The molecule has 0 bridgehead atoms. The molecule has 10 heteroatoms. The van der Waals surface area contributed by atoms with E-state index < -0.39 is 28.6 Å². The standard InChI is InChI=1S/C25H24F2N4O4/c26-19-8-17-22(31(16-6-7-16)11-18(24(17)32)25(33)34)21(27)23(19)30-10-15(9-28)20(12-30)29-35-13-14-4-2-1-3-5-14/h1-5,8,11,15-16H,6-7,9-10,12-13,28H2,(H,33,34)/b29-20+. The Kier molecular flexibility index (Phi) is 5.98. The van der Waals surface area contributed by atoms with Crippen molar-refractivity contribution in [3.05, 3.63) is 75.6 Å². The minimum atomic E-state index is -1.43. The molecule has 1 saturated carbocycles. The van der Waals surface area contributed by atoms with Gasteiger partial charge in [0.2, 0.25) is 5.43 Å². The van der Waals surface area contributed by atoms with E-state index in [-0.39, 0.29) is 54.8 Å². The molecule has 2 aliphatic rings. The molecule has 1 atom stereocenters. The SMILES string of the molecule is NCC1CN(c2c(F)cc3c(=O)c(C(=O)O)cn(C4CC4)c3c2F)C/C1=N\OCc1ccccc1. The van der Waals surface area contributed by atoms with Crippen LogP contribution in [-0.2, 0) is 11.4 Å². The predicted octanol–water partition coefficient (Wildman–Crippen LogP) is 3.28. The van der Waals surface area contributed by atoms with E-state index in [1.807, 2.05) is 30.3 Å². The third kappa shape index (κ3) is 4.25. The van der Waals surface area contributed by atoms with E-state index in [0.717, 1.165) is 30.7 Å². The highest BCUT2D eigenvalue weighted by molar-refractivity contribution is 5.96. The lowest BCUT2D eigenvalue weighted by Crippen LogP contribution is -2.26. The number of pyridine rings is 1. The highest BCUT2D eigenvalue weighted by atomic mass is 19.1. The molecule has 1 unspecified atom stereocenters. The van der Waals surface area contributed by atoms with Gasteiger partial charge in [-0.1, -0.05) is 35.5 Å². The summed E-state index contributed by atoms with van der Waals surface area (Å²) in [6.45, 7) is 0.802. The van der Waals surface area contributed by atoms with Gasteiger partial charge in [0, 0.05) is 31.2 Å². The van der Waals surface area contributed by atoms with E-state index >= 15 is 8.78 Å². The number of fused-ring (bicyclic) bond motifs is 1. The van der Waals surface area contributed by atoms with Crippen molar-refractivity contribution in [2.75, 3.05) is 24.5 Å². The van der Waals surface area contributed by atoms with Crippen molar-refractivity contribution in [1.82, 2.24) is 4.57 Å². The maximum atomic E-state index is 15.9. The number of benzene rings is 2. The van der Waals surface area contributed by atoms with Crippen LogP contribution in [-0.4, -0.2) is 41.0 Å². The molecule has 2 aromatic carbocycles. The highest BCUT2D eigenvalue weighted by Crippen LogP contribution is 2.40. The van der Waals surface area contributed by atoms with E-state index in [1.165, 1.54) is 9.47 Å². The molecular weight excluding hydrogens is 458 g/mol. The van der Waals surface area contributed by atoms with Crippen LogP contribution in [0.1, 0.15) is 34.8 Å². The number of oxime groups is 1. The van der Waals surface area contributed by atoms with Gasteiger partial charge < -0.3 is 25.1 Å². The first-order valence-electron chi connectivity index (χ1n) is 11.4. The number of aromatic carboxylic acids is 1. The number of carboxylic acids is 1. The van der Waals surface area contributed by atoms with Crippen LogP contribution >= 0.6 is 0 Å². The summed E-state index contributed by atoms with van der Waals surface area (Å²) in [5.74, 6) is -3.54. The van der Waals surface area contributed by atoms with Crippen LogP contribution in [0.2, 0.25) is 0 Å². The topological polar surface area (TPSA) is 110 Å². The Morgan fingerprint density at radius 2 is 1.97 bits per heavy atom. The molecule has 0 amide bonds. The van der Waals surface area contributed by atoms with Crippen molar-refractivity contribution in [2.24, 2.45) is 16.8 Å². The molecule has 1 aliphatic carbocycles. The number of hydrogen-bond acceptors (Lipinski definition) is 6. The van der Waals surface area contributed by atoms with Crippen molar-refractivity contribution < 1.29 is 23.5 Å². The van der Waals surface area contributed by atoms with Crippen molar-refractivity contribution in [3.63, 3.8) is 0 Å². The Balaban J connectivity index is 1.51. The zero-order valence-electron chi connectivity index (χ0n) is 18.8. The molecule has 35 heavy (non-hydrogen) atoms. The summed E-state index contributed by atoms with van der Waals surface area (Å²) in [5.41, 5.74) is 5.60. The first-order chi connectivity index (χ1) is 16.9. The lowest BCUT2D eigenvalue weighted by molar-refractivity contribution is 0.0694. The molecule has 3 aromatic rings. The van der Waals surface area contributed by atoms with Crippen LogP contribution in [0.25, 0.3) is 10.9 Å². The summed E-state index contributed by atoms with van der Waals surface area (Å²) >= 11 is 0. The fourth-order valence-electron chi connectivity index (χ4n) is 4.52. The summed E-state index contributed by atoms with van der Waals surface area (Å²) in [5, 5.41) is 13.3. The zero-order valence-corrected chi connectivity index (χ0v) is 18.8. The highest BCUT2D eigenvalue weighted by Gasteiger charge is 2.35. The second-order valence-corrected chi connectivity index (χ2v) is 8.89. The van der Waals surface area contributed by atoms with Crippen LogP contribution in [0, 0.1) is 17.6 Å². The van der Waals surface area contributed by atoms with Gasteiger partial charge in [-0.05, 0) is 24.5 Å². The Bertz CT molecular complexity index is 1390. The van der Waals surface area contributed by atoms with Gasteiger partial charge >= 0.3 is 5.97 Å². The van der Waals surface area contributed by atoms with Crippen molar-refractivity contribution in [2.45, 2.75) is 25.5 Å². The monoisotopic (exact) mass is 482 g/mol. The first-order valence-corrected chi connectivity index (χ1v) is 11.4. The van der Waals surface area contributed by atoms with Gasteiger partial charge in [0.05, 0.1) is 23.2 Å².